The van der Waals surface area contributed by atoms with E-state index in [0.717, 1.165) is 0 Å². The Morgan fingerprint density at radius 3 is 2.63 bits per heavy atom. The molecule has 6 nitrogen and oxygen atoms in total. The number of aromatic nitrogens is 1. The molecule has 2 heterocycles. The van der Waals surface area contributed by atoms with Crippen molar-refractivity contribution in [1.29, 1.82) is 0 Å². The van der Waals surface area contributed by atoms with Crippen molar-refractivity contribution >= 4 is 23.0 Å². The Kier molecular flexibility index (Phi) is 3.59. The number of carbonyl (C=O) groups excluding carboxylic acids is 2. The van der Waals surface area contributed by atoms with Crippen molar-refractivity contribution < 1.29 is 23.5 Å². The Morgan fingerprint density at radius 2 is 2.05 bits per heavy atom. The number of ether oxygens (including phenoxy) is 2. The molecule has 2 aromatic rings. The van der Waals surface area contributed by atoms with E-state index in [4.69, 9.17) is 13.9 Å². The largest absolute Gasteiger partial charge is 0.463 e. The summed E-state index contributed by atoms with van der Waals surface area (Å²) in [5.41, 5.74) is 1.54. The van der Waals surface area contributed by atoms with Crippen LogP contribution in [0.1, 0.15) is 31.3 Å². The van der Waals surface area contributed by atoms with E-state index in [2.05, 4.69) is 4.98 Å². The number of rotatable bonds is 4. The third-order valence-corrected chi connectivity index (χ3v) is 2.51. The predicted octanol–water partition coefficient (Wildman–Crippen LogP) is 2.46. The Morgan fingerprint density at radius 1 is 1.32 bits per heavy atom. The second-order valence-electron chi connectivity index (χ2n) is 4.51. The molecular formula is C13H15NO5. The maximum absolute atomic E-state index is 11.9. The number of hydrogen-bond donors (Lipinski definition) is 1. The fourth-order valence-corrected chi connectivity index (χ4v) is 1.59. The fraction of sp³-hybridized carbons (Fsp3) is 0.385. The zero-order chi connectivity index (χ0) is 14.0. The molecule has 0 amide bonds. The first-order chi connectivity index (χ1) is 8.97. The minimum absolute atomic E-state index is 0.134. The average molecular weight is 265 g/mol. The molecule has 1 atom stereocenters. The molecule has 0 aliphatic rings. The number of fused-ring (bicyclic) bond motifs is 1. The number of aromatic amines is 1. The van der Waals surface area contributed by atoms with Crippen LogP contribution in [-0.4, -0.2) is 23.2 Å². The SMILES string of the molecule is CC(=O)OC(OC(=O)c1cc2occc2[nH]1)C(C)C. The van der Waals surface area contributed by atoms with E-state index in [9.17, 15) is 9.59 Å². The quantitative estimate of drug-likeness (QED) is 0.678. The van der Waals surface area contributed by atoms with Crippen LogP contribution in [0, 0.1) is 5.92 Å². The molecule has 0 saturated heterocycles. The molecule has 2 aromatic heterocycles. The van der Waals surface area contributed by atoms with Gasteiger partial charge in [0, 0.05) is 25.0 Å². The summed E-state index contributed by atoms with van der Waals surface area (Å²) in [7, 11) is 0. The van der Waals surface area contributed by atoms with Crippen LogP contribution in [0.2, 0.25) is 0 Å². The highest BCUT2D eigenvalue weighted by atomic mass is 16.7. The monoisotopic (exact) mass is 265 g/mol. The summed E-state index contributed by atoms with van der Waals surface area (Å²) >= 11 is 0. The number of furan rings is 1. The van der Waals surface area contributed by atoms with Crippen LogP contribution in [0.3, 0.4) is 0 Å². The molecular weight excluding hydrogens is 250 g/mol. The normalized spacial score (nSPS) is 12.6. The number of carbonyl (C=O) groups is 2. The number of hydrogen-bond acceptors (Lipinski definition) is 5. The first-order valence-corrected chi connectivity index (χ1v) is 5.92. The summed E-state index contributed by atoms with van der Waals surface area (Å²) < 4.78 is 15.2. The lowest BCUT2D eigenvalue weighted by atomic mass is 10.2. The second-order valence-corrected chi connectivity index (χ2v) is 4.51. The van der Waals surface area contributed by atoms with Crippen LogP contribution in [0.25, 0.3) is 11.1 Å². The van der Waals surface area contributed by atoms with Gasteiger partial charge in [-0.15, -0.1) is 0 Å². The summed E-state index contributed by atoms with van der Waals surface area (Å²) in [6.07, 6.45) is 0.617. The van der Waals surface area contributed by atoms with Gasteiger partial charge >= 0.3 is 11.9 Å². The minimum atomic E-state index is -0.903. The standard InChI is InChI=1S/C13H15NO5/c1-7(2)13(18-8(3)15)19-12(16)10-6-11-9(14-10)4-5-17-11/h4-7,13-14H,1-3H3. The first-order valence-electron chi connectivity index (χ1n) is 5.92. The van der Waals surface area contributed by atoms with E-state index in [1.807, 2.05) is 0 Å². The lowest BCUT2D eigenvalue weighted by Crippen LogP contribution is -2.28. The highest BCUT2D eigenvalue weighted by molar-refractivity contribution is 5.93. The van der Waals surface area contributed by atoms with Gasteiger partial charge in [0.15, 0.2) is 5.58 Å². The van der Waals surface area contributed by atoms with Crippen LogP contribution < -0.4 is 0 Å². The van der Waals surface area contributed by atoms with Gasteiger partial charge in [-0.1, -0.05) is 13.8 Å². The highest BCUT2D eigenvalue weighted by Gasteiger charge is 2.23. The molecule has 1 unspecified atom stereocenters. The third-order valence-electron chi connectivity index (χ3n) is 2.51. The Bertz CT molecular complexity index is 566. The van der Waals surface area contributed by atoms with E-state index in [1.165, 1.54) is 13.2 Å². The second kappa shape index (κ2) is 5.17. The van der Waals surface area contributed by atoms with Gasteiger partial charge in [-0.2, -0.15) is 0 Å². The number of nitrogens with one attached hydrogen (secondary N) is 1. The fourth-order valence-electron chi connectivity index (χ4n) is 1.59. The summed E-state index contributed by atoms with van der Waals surface area (Å²) in [5.74, 6) is -1.22. The Balaban J connectivity index is 2.10. The van der Waals surface area contributed by atoms with Crippen LogP contribution in [-0.2, 0) is 14.3 Å². The molecule has 0 aromatic carbocycles. The van der Waals surface area contributed by atoms with E-state index in [0.29, 0.717) is 11.1 Å². The molecule has 0 bridgehead atoms. The molecule has 1 N–H and O–H groups in total. The van der Waals surface area contributed by atoms with Crippen LogP contribution in [0.5, 0.6) is 0 Å². The van der Waals surface area contributed by atoms with Crippen LogP contribution in [0.15, 0.2) is 22.8 Å². The molecule has 0 radical (unpaired) electrons. The summed E-state index contributed by atoms with van der Waals surface area (Å²) in [4.78, 5) is 25.7. The molecule has 0 fully saturated rings. The van der Waals surface area contributed by atoms with Crippen molar-refractivity contribution in [2.24, 2.45) is 5.92 Å². The van der Waals surface area contributed by atoms with Crippen molar-refractivity contribution in [1.82, 2.24) is 4.98 Å². The molecule has 102 valence electrons. The molecule has 6 heteroatoms. The van der Waals surface area contributed by atoms with Gasteiger partial charge in [0.25, 0.3) is 0 Å². The summed E-state index contributed by atoms with van der Waals surface area (Å²) in [5, 5.41) is 0. The molecule has 2 rings (SSSR count). The molecule has 0 spiro atoms. The smallest absolute Gasteiger partial charge is 0.357 e. The summed E-state index contributed by atoms with van der Waals surface area (Å²) in [6.45, 7) is 4.86. The minimum Gasteiger partial charge on any atom is -0.463 e. The van der Waals surface area contributed by atoms with Crippen molar-refractivity contribution in [3.05, 3.63) is 24.1 Å². The highest BCUT2D eigenvalue weighted by Crippen LogP contribution is 2.18. The average Bonchev–Trinajstić information content (AvgIpc) is 2.86. The van der Waals surface area contributed by atoms with Crippen LogP contribution >= 0.6 is 0 Å². The molecule has 0 aliphatic carbocycles. The van der Waals surface area contributed by atoms with Crippen molar-refractivity contribution in [3.8, 4) is 0 Å². The zero-order valence-electron chi connectivity index (χ0n) is 10.9. The van der Waals surface area contributed by atoms with Crippen molar-refractivity contribution in [2.45, 2.75) is 27.1 Å². The van der Waals surface area contributed by atoms with Gasteiger partial charge in [0.1, 0.15) is 5.69 Å². The van der Waals surface area contributed by atoms with Gasteiger partial charge in [-0.25, -0.2) is 4.79 Å². The maximum atomic E-state index is 11.9. The third kappa shape index (κ3) is 2.96. The molecule has 0 aliphatic heterocycles. The van der Waals surface area contributed by atoms with Gasteiger partial charge in [0.05, 0.1) is 11.8 Å². The van der Waals surface area contributed by atoms with Gasteiger partial charge in [-0.3, -0.25) is 4.79 Å². The van der Waals surface area contributed by atoms with E-state index in [1.54, 1.807) is 26.0 Å². The van der Waals surface area contributed by atoms with Crippen molar-refractivity contribution in [2.75, 3.05) is 0 Å². The van der Waals surface area contributed by atoms with Crippen LogP contribution in [0.4, 0.5) is 0 Å². The number of esters is 2. The van der Waals surface area contributed by atoms with E-state index >= 15 is 0 Å². The van der Waals surface area contributed by atoms with Gasteiger partial charge in [0.2, 0.25) is 6.29 Å². The lowest BCUT2D eigenvalue weighted by molar-refractivity contribution is -0.173. The first kappa shape index (κ1) is 13.2. The Hall–Kier alpha value is -2.24. The molecule has 19 heavy (non-hydrogen) atoms. The van der Waals surface area contributed by atoms with Crippen molar-refractivity contribution in [3.63, 3.8) is 0 Å². The predicted molar refractivity (Wildman–Crippen MR) is 66.4 cm³/mol. The lowest BCUT2D eigenvalue weighted by Gasteiger charge is -2.20. The topological polar surface area (TPSA) is 81.5 Å². The number of H-pyrrole nitrogens is 1. The van der Waals surface area contributed by atoms with E-state index in [-0.39, 0.29) is 11.6 Å². The molecule has 0 saturated carbocycles. The van der Waals surface area contributed by atoms with Gasteiger partial charge in [-0.05, 0) is 0 Å². The zero-order valence-corrected chi connectivity index (χ0v) is 10.9. The van der Waals surface area contributed by atoms with Gasteiger partial charge < -0.3 is 18.9 Å². The maximum Gasteiger partial charge on any atom is 0.357 e. The summed E-state index contributed by atoms with van der Waals surface area (Å²) in [6, 6.07) is 3.25. The van der Waals surface area contributed by atoms with E-state index < -0.39 is 18.2 Å². The Labute approximate surface area is 109 Å².